The minimum atomic E-state index is -3.44. The second-order valence-corrected chi connectivity index (χ2v) is 9.09. The number of fused-ring (bicyclic) bond motifs is 1. The number of hydrogen-bond donors (Lipinski definition) is 2. The van der Waals surface area contributed by atoms with Crippen LogP contribution >= 0.6 is 15.9 Å². The Balaban J connectivity index is 1.59. The normalized spacial score (nSPS) is 16.3. The lowest BCUT2D eigenvalue weighted by Crippen LogP contribution is -2.32. The van der Waals surface area contributed by atoms with Crippen LogP contribution in [0.4, 0.5) is 0 Å². The fourth-order valence-corrected chi connectivity index (χ4v) is 4.10. The summed E-state index contributed by atoms with van der Waals surface area (Å²) in [6, 6.07) is 12.3. The Morgan fingerprint density at radius 1 is 1.22 bits per heavy atom. The Hall–Kier alpha value is -1.90. The molecule has 3 rings (SSSR count). The summed E-state index contributed by atoms with van der Waals surface area (Å²) in [5.74, 6) is 0.760. The summed E-state index contributed by atoms with van der Waals surface area (Å²) < 4.78 is 32.3. The third kappa shape index (κ3) is 4.88. The van der Waals surface area contributed by atoms with Crippen LogP contribution in [0.5, 0.6) is 5.75 Å². The molecule has 0 spiro atoms. The Labute approximate surface area is 167 Å². The minimum Gasteiger partial charge on any atom is -0.493 e. The van der Waals surface area contributed by atoms with Crippen molar-refractivity contribution in [3.63, 3.8) is 0 Å². The molecular formula is C19H21BrN2O4S. The molecule has 1 atom stereocenters. The Kier molecular flexibility index (Phi) is 6.18. The number of aryl methyl sites for hydroxylation is 1. The number of halogens is 1. The minimum absolute atomic E-state index is 0.0419. The SMILES string of the molecule is CNS(=O)(=O)c1ccc(CCC(=O)NC2CCOc3ccc(Br)cc32)cc1. The molecule has 8 heteroatoms. The van der Waals surface area contributed by atoms with Crippen LogP contribution in [0.2, 0.25) is 0 Å². The maximum absolute atomic E-state index is 12.4. The van der Waals surface area contributed by atoms with Crippen molar-refractivity contribution in [2.45, 2.75) is 30.2 Å². The molecule has 144 valence electrons. The van der Waals surface area contributed by atoms with E-state index in [2.05, 4.69) is 26.0 Å². The van der Waals surface area contributed by atoms with E-state index >= 15 is 0 Å². The topological polar surface area (TPSA) is 84.5 Å². The van der Waals surface area contributed by atoms with Crippen molar-refractivity contribution in [2.75, 3.05) is 13.7 Å². The lowest BCUT2D eigenvalue weighted by Gasteiger charge is -2.27. The highest BCUT2D eigenvalue weighted by Gasteiger charge is 2.23. The summed E-state index contributed by atoms with van der Waals surface area (Å²) >= 11 is 3.45. The summed E-state index contributed by atoms with van der Waals surface area (Å²) in [5, 5.41) is 3.07. The molecule has 0 saturated carbocycles. The van der Waals surface area contributed by atoms with Gasteiger partial charge in [0.05, 0.1) is 17.5 Å². The van der Waals surface area contributed by atoms with E-state index in [-0.39, 0.29) is 16.8 Å². The van der Waals surface area contributed by atoms with Gasteiger partial charge in [0.1, 0.15) is 5.75 Å². The lowest BCUT2D eigenvalue weighted by atomic mass is 10.00. The number of nitrogens with one attached hydrogen (secondary N) is 2. The Morgan fingerprint density at radius 3 is 2.67 bits per heavy atom. The third-order valence-corrected chi connectivity index (χ3v) is 6.41. The van der Waals surface area contributed by atoms with Gasteiger partial charge in [-0.25, -0.2) is 13.1 Å². The molecule has 2 N–H and O–H groups in total. The molecule has 27 heavy (non-hydrogen) atoms. The highest BCUT2D eigenvalue weighted by Crippen LogP contribution is 2.34. The molecule has 0 saturated heterocycles. The summed E-state index contributed by atoms with van der Waals surface area (Å²) in [6.45, 7) is 0.570. The molecule has 0 radical (unpaired) electrons. The fraction of sp³-hybridized carbons (Fsp3) is 0.316. The standard InChI is InChI=1S/C19H21BrN2O4S/c1-21-27(24,25)15-6-2-13(3-7-15)4-9-19(23)22-17-10-11-26-18-8-5-14(20)12-16(17)18/h2-3,5-8,12,17,21H,4,9-11H2,1H3,(H,22,23). The van der Waals surface area contributed by atoms with Crippen LogP contribution in [0.25, 0.3) is 0 Å². The van der Waals surface area contributed by atoms with Gasteiger partial charge in [0.2, 0.25) is 15.9 Å². The van der Waals surface area contributed by atoms with Gasteiger partial charge < -0.3 is 10.1 Å². The zero-order valence-electron chi connectivity index (χ0n) is 14.9. The maximum Gasteiger partial charge on any atom is 0.240 e. The second kappa shape index (κ2) is 8.41. The Bertz CT molecular complexity index is 929. The van der Waals surface area contributed by atoms with Gasteiger partial charge in [0.15, 0.2) is 0 Å². The van der Waals surface area contributed by atoms with E-state index in [1.54, 1.807) is 24.3 Å². The number of benzene rings is 2. The van der Waals surface area contributed by atoms with Gasteiger partial charge >= 0.3 is 0 Å². The zero-order valence-corrected chi connectivity index (χ0v) is 17.3. The molecule has 0 aromatic heterocycles. The van der Waals surface area contributed by atoms with Crippen molar-refractivity contribution in [3.8, 4) is 5.75 Å². The smallest absolute Gasteiger partial charge is 0.240 e. The molecule has 2 aromatic rings. The Morgan fingerprint density at radius 2 is 1.96 bits per heavy atom. The van der Waals surface area contributed by atoms with Gasteiger partial charge in [-0.05, 0) is 49.4 Å². The molecule has 1 aliphatic heterocycles. The van der Waals surface area contributed by atoms with E-state index in [4.69, 9.17) is 4.74 Å². The summed E-state index contributed by atoms with van der Waals surface area (Å²) in [6.07, 6.45) is 1.60. The van der Waals surface area contributed by atoms with E-state index in [1.165, 1.54) is 7.05 Å². The highest BCUT2D eigenvalue weighted by molar-refractivity contribution is 9.10. The highest BCUT2D eigenvalue weighted by atomic mass is 79.9. The maximum atomic E-state index is 12.4. The van der Waals surface area contributed by atoms with E-state index in [1.807, 2.05) is 18.2 Å². The van der Waals surface area contributed by atoms with Gasteiger partial charge in [0.25, 0.3) is 0 Å². The quantitative estimate of drug-likeness (QED) is 0.705. The van der Waals surface area contributed by atoms with Gasteiger partial charge in [0, 0.05) is 22.9 Å². The van der Waals surface area contributed by atoms with Gasteiger partial charge in [-0.2, -0.15) is 0 Å². The second-order valence-electron chi connectivity index (χ2n) is 6.29. The molecule has 6 nitrogen and oxygen atoms in total. The molecule has 1 amide bonds. The molecule has 0 aliphatic carbocycles. The number of amides is 1. The van der Waals surface area contributed by atoms with Gasteiger partial charge in [-0.1, -0.05) is 28.1 Å². The average molecular weight is 453 g/mol. The number of ether oxygens (including phenoxy) is 1. The number of hydrogen-bond acceptors (Lipinski definition) is 4. The van der Waals surface area contributed by atoms with Crippen molar-refractivity contribution in [3.05, 3.63) is 58.1 Å². The number of sulfonamides is 1. The first kappa shape index (κ1) is 19.9. The van der Waals surface area contributed by atoms with Crippen LogP contribution < -0.4 is 14.8 Å². The lowest BCUT2D eigenvalue weighted by molar-refractivity contribution is -0.122. The van der Waals surface area contributed by atoms with Gasteiger partial charge in [-0.15, -0.1) is 0 Å². The first-order valence-electron chi connectivity index (χ1n) is 8.63. The largest absolute Gasteiger partial charge is 0.493 e. The van der Waals surface area contributed by atoms with E-state index < -0.39 is 10.0 Å². The van der Waals surface area contributed by atoms with Crippen LogP contribution in [0, 0.1) is 0 Å². The predicted octanol–water partition coefficient (Wildman–Crippen LogP) is 2.93. The summed E-state index contributed by atoms with van der Waals surface area (Å²) in [7, 11) is -2.07. The average Bonchev–Trinajstić information content (AvgIpc) is 2.67. The van der Waals surface area contributed by atoms with E-state index in [0.717, 1.165) is 27.8 Å². The zero-order chi connectivity index (χ0) is 19.4. The molecule has 2 aromatic carbocycles. The summed E-state index contributed by atoms with van der Waals surface area (Å²) in [4.78, 5) is 12.6. The number of carbonyl (C=O) groups is 1. The van der Waals surface area contributed by atoms with Crippen LogP contribution in [0.1, 0.15) is 30.0 Å². The number of rotatable bonds is 6. The molecule has 0 bridgehead atoms. The number of carbonyl (C=O) groups excluding carboxylic acids is 1. The first-order chi connectivity index (χ1) is 12.9. The van der Waals surface area contributed by atoms with E-state index in [9.17, 15) is 13.2 Å². The van der Waals surface area contributed by atoms with Crippen molar-refractivity contribution >= 4 is 31.9 Å². The fourth-order valence-electron chi connectivity index (χ4n) is 2.99. The predicted molar refractivity (Wildman–Crippen MR) is 106 cm³/mol. The van der Waals surface area contributed by atoms with Gasteiger partial charge in [-0.3, -0.25) is 4.79 Å². The molecule has 1 heterocycles. The van der Waals surface area contributed by atoms with Crippen LogP contribution in [-0.2, 0) is 21.2 Å². The van der Waals surface area contributed by atoms with E-state index in [0.29, 0.717) is 19.4 Å². The van der Waals surface area contributed by atoms with Crippen molar-refractivity contribution in [1.29, 1.82) is 0 Å². The third-order valence-electron chi connectivity index (χ3n) is 4.49. The molecule has 1 aliphatic rings. The summed E-state index contributed by atoms with van der Waals surface area (Å²) in [5.41, 5.74) is 1.89. The van der Waals surface area contributed by atoms with Crippen LogP contribution in [0.3, 0.4) is 0 Å². The van der Waals surface area contributed by atoms with Crippen molar-refractivity contribution in [2.24, 2.45) is 0 Å². The van der Waals surface area contributed by atoms with Crippen LogP contribution in [0.15, 0.2) is 51.8 Å². The molecule has 1 unspecified atom stereocenters. The monoisotopic (exact) mass is 452 g/mol. The molecular weight excluding hydrogens is 432 g/mol. The van der Waals surface area contributed by atoms with Crippen molar-refractivity contribution < 1.29 is 17.9 Å². The first-order valence-corrected chi connectivity index (χ1v) is 10.9. The molecule has 0 fully saturated rings. The van der Waals surface area contributed by atoms with Crippen molar-refractivity contribution in [1.82, 2.24) is 10.0 Å². The van der Waals surface area contributed by atoms with Crippen LogP contribution in [-0.4, -0.2) is 28.0 Å².